The van der Waals surface area contributed by atoms with Crippen LogP contribution in [0, 0.1) is 11.8 Å². The van der Waals surface area contributed by atoms with Gasteiger partial charge in [-0.05, 0) is 57.5 Å². The summed E-state index contributed by atoms with van der Waals surface area (Å²) in [4.78, 5) is 61.4. The van der Waals surface area contributed by atoms with Gasteiger partial charge in [-0.3, -0.25) is 19.2 Å². The average molecular weight is 471 g/mol. The Hall–Kier alpha value is -2.69. The van der Waals surface area contributed by atoms with Crippen LogP contribution < -0.4 is 16.0 Å². The molecule has 0 saturated carbocycles. The maximum absolute atomic E-state index is 12.5. The standard InChI is InChI=1S/C22H38N4O7/c1-4-26(18(28)7-5-6-15-8-10-23-11-9-15)13-17(27)24-16(12-19(29)30)21(31)25-20(14(2)3)22(32)33/h14-16,20,23H,4-13H2,1-3H3,(H,24,27)(H,25,31)(H,29,30)(H,32,33)/t16-,20+/m0/s1. The molecule has 0 aromatic carbocycles. The first kappa shape index (κ1) is 28.3. The number of nitrogens with one attached hydrogen (secondary N) is 3. The molecule has 1 heterocycles. The molecule has 0 spiro atoms. The lowest BCUT2D eigenvalue weighted by molar-refractivity contribution is -0.144. The predicted octanol–water partition coefficient (Wildman–Crippen LogP) is 0.190. The van der Waals surface area contributed by atoms with Crippen molar-refractivity contribution in [2.75, 3.05) is 26.2 Å². The van der Waals surface area contributed by atoms with Crippen molar-refractivity contribution in [1.29, 1.82) is 0 Å². The lowest BCUT2D eigenvalue weighted by Gasteiger charge is -2.25. The molecule has 0 bridgehead atoms. The third-order valence-corrected chi connectivity index (χ3v) is 5.79. The van der Waals surface area contributed by atoms with Crippen LogP contribution in [0.1, 0.15) is 59.3 Å². The molecule has 0 aliphatic carbocycles. The van der Waals surface area contributed by atoms with Crippen LogP contribution in [-0.4, -0.2) is 83.0 Å². The van der Waals surface area contributed by atoms with Crippen LogP contribution in [0.5, 0.6) is 0 Å². The van der Waals surface area contributed by atoms with Crippen molar-refractivity contribution >= 4 is 29.7 Å². The minimum Gasteiger partial charge on any atom is -0.481 e. The molecule has 0 aromatic heterocycles. The highest BCUT2D eigenvalue weighted by molar-refractivity contribution is 5.94. The van der Waals surface area contributed by atoms with Gasteiger partial charge in [0.15, 0.2) is 0 Å². The Morgan fingerprint density at radius 3 is 2.21 bits per heavy atom. The minimum absolute atomic E-state index is 0.174. The maximum atomic E-state index is 12.5. The number of carbonyl (C=O) groups excluding carboxylic acids is 3. The molecule has 5 N–H and O–H groups in total. The third-order valence-electron chi connectivity index (χ3n) is 5.79. The average Bonchev–Trinajstić information content (AvgIpc) is 2.75. The number of carboxylic acids is 2. The van der Waals surface area contributed by atoms with E-state index in [1.54, 1.807) is 20.8 Å². The Bertz CT molecular complexity index is 692. The maximum Gasteiger partial charge on any atom is 0.326 e. The van der Waals surface area contributed by atoms with E-state index < -0.39 is 48.2 Å². The molecule has 33 heavy (non-hydrogen) atoms. The van der Waals surface area contributed by atoms with Gasteiger partial charge in [-0.2, -0.15) is 0 Å². The monoisotopic (exact) mass is 470 g/mol. The van der Waals surface area contributed by atoms with Crippen LogP contribution in [0.4, 0.5) is 0 Å². The van der Waals surface area contributed by atoms with E-state index in [9.17, 15) is 29.1 Å². The Balaban J connectivity index is 2.63. The van der Waals surface area contributed by atoms with E-state index in [0.717, 1.165) is 38.8 Å². The number of carboxylic acid groups (broad SMARTS) is 2. The summed E-state index contributed by atoms with van der Waals surface area (Å²) in [5.41, 5.74) is 0. The zero-order valence-corrected chi connectivity index (χ0v) is 19.8. The molecule has 0 aromatic rings. The summed E-state index contributed by atoms with van der Waals surface area (Å²) in [5.74, 6) is -4.17. The fourth-order valence-electron chi connectivity index (χ4n) is 3.81. The minimum atomic E-state index is -1.45. The van der Waals surface area contributed by atoms with Crippen molar-refractivity contribution in [2.45, 2.75) is 71.4 Å². The molecule has 11 heteroatoms. The van der Waals surface area contributed by atoms with Gasteiger partial charge in [-0.25, -0.2) is 4.79 Å². The highest BCUT2D eigenvalue weighted by atomic mass is 16.4. The third kappa shape index (κ3) is 10.6. The van der Waals surface area contributed by atoms with Crippen LogP contribution in [0.2, 0.25) is 0 Å². The Morgan fingerprint density at radius 1 is 1.06 bits per heavy atom. The number of piperidine rings is 1. The van der Waals surface area contributed by atoms with Gasteiger partial charge in [0.1, 0.15) is 12.1 Å². The van der Waals surface area contributed by atoms with E-state index in [0.29, 0.717) is 18.9 Å². The Labute approximate surface area is 194 Å². The lowest BCUT2D eigenvalue weighted by Crippen LogP contribution is -2.55. The van der Waals surface area contributed by atoms with Gasteiger partial charge in [-0.1, -0.05) is 13.8 Å². The summed E-state index contributed by atoms with van der Waals surface area (Å²) >= 11 is 0. The number of hydrogen-bond donors (Lipinski definition) is 5. The van der Waals surface area contributed by atoms with E-state index in [-0.39, 0.29) is 12.5 Å². The fraction of sp³-hybridized carbons (Fsp3) is 0.773. The molecule has 0 unspecified atom stereocenters. The molecule has 1 fully saturated rings. The van der Waals surface area contributed by atoms with Crippen molar-refractivity contribution in [1.82, 2.24) is 20.9 Å². The topological polar surface area (TPSA) is 165 Å². The van der Waals surface area contributed by atoms with E-state index in [1.165, 1.54) is 4.90 Å². The summed E-state index contributed by atoms with van der Waals surface area (Å²) in [6.45, 7) is 6.91. The number of likely N-dealkylation sites (N-methyl/N-ethyl adjacent to an activating group) is 1. The molecule has 11 nitrogen and oxygen atoms in total. The molecule has 188 valence electrons. The first-order valence-electron chi connectivity index (χ1n) is 11.6. The largest absolute Gasteiger partial charge is 0.481 e. The van der Waals surface area contributed by atoms with Gasteiger partial charge in [0, 0.05) is 13.0 Å². The summed E-state index contributed by atoms with van der Waals surface area (Å²) in [6, 6.07) is -2.68. The van der Waals surface area contributed by atoms with Gasteiger partial charge in [0.25, 0.3) is 0 Å². The fourth-order valence-corrected chi connectivity index (χ4v) is 3.81. The summed E-state index contributed by atoms with van der Waals surface area (Å²) in [7, 11) is 0. The summed E-state index contributed by atoms with van der Waals surface area (Å²) < 4.78 is 0. The number of carbonyl (C=O) groups is 5. The lowest BCUT2D eigenvalue weighted by atomic mass is 9.92. The smallest absolute Gasteiger partial charge is 0.326 e. The van der Waals surface area contributed by atoms with Gasteiger partial charge in [-0.15, -0.1) is 0 Å². The zero-order chi connectivity index (χ0) is 25.0. The van der Waals surface area contributed by atoms with E-state index in [2.05, 4.69) is 16.0 Å². The molecule has 1 saturated heterocycles. The van der Waals surface area contributed by atoms with Crippen LogP contribution >= 0.6 is 0 Å². The molecule has 2 atom stereocenters. The van der Waals surface area contributed by atoms with Crippen LogP contribution in [0.3, 0.4) is 0 Å². The van der Waals surface area contributed by atoms with Crippen LogP contribution in [0.25, 0.3) is 0 Å². The second kappa shape index (κ2) is 14.5. The number of aliphatic carboxylic acids is 2. The van der Waals surface area contributed by atoms with Gasteiger partial charge in [0.05, 0.1) is 13.0 Å². The second-order valence-corrected chi connectivity index (χ2v) is 8.78. The molecule has 1 aliphatic heterocycles. The molecule has 3 amide bonds. The SMILES string of the molecule is CCN(CC(=O)N[C@@H](CC(=O)O)C(=O)N[C@@H](C(=O)O)C(C)C)C(=O)CCCC1CCNCC1. The Kier molecular flexibility index (Phi) is 12.4. The van der Waals surface area contributed by atoms with Crippen molar-refractivity contribution in [2.24, 2.45) is 11.8 Å². The summed E-state index contributed by atoms with van der Waals surface area (Å²) in [5, 5.41) is 26.3. The second-order valence-electron chi connectivity index (χ2n) is 8.78. The molecule has 1 rings (SSSR count). The normalized spacial score (nSPS) is 16.0. The highest BCUT2D eigenvalue weighted by Gasteiger charge is 2.30. The van der Waals surface area contributed by atoms with Crippen molar-refractivity contribution in [3.63, 3.8) is 0 Å². The van der Waals surface area contributed by atoms with E-state index >= 15 is 0 Å². The van der Waals surface area contributed by atoms with E-state index in [4.69, 9.17) is 5.11 Å². The molecular formula is C22H38N4O7. The van der Waals surface area contributed by atoms with Gasteiger partial charge >= 0.3 is 11.9 Å². The Morgan fingerprint density at radius 2 is 1.70 bits per heavy atom. The first-order valence-corrected chi connectivity index (χ1v) is 11.6. The van der Waals surface area contributed by atoms with Crippen LogP contribution in [0.15, 0.2) is 0 Å². The highest BCUT2D eigenvalue weighted by Crippen LogP contribution is 2.19. The van der Waals surface area contributed by atoms with Gasteiger partial charge in [0.2, 0.25) is 17.7 Å². The number of rotatable bonds is 14. The molecular weight excluding hydrogens is 432 g/mol. The molecule has 1 aliphatic rings. The van der Waals surface area contributed by atoms with Gasteiger partial charge < -0.3 is 31.1 Å². The van der Waals surface area contributed by atoms with E-state index in [1.807, 2.05) is 0 Å². The number of hydrogen-bond acceptors (Lipinski definition) is 6. The first-order chi connectivity index (χ1) is 15.5. The van der Waals surface area contributed by atoms with Crippen molar-refractivity contribution in [3.05, 3.63) is 0 Å². The quantitative estimate of drug-likeness (QED) is 0.240. The number of amides is 3. The summed E-state index contributed by atoms with van der Waals surface area (Å²) in [6.07, 6.45) is 3.49. The van der Waals surface area contributed by atoms with Crippen molar-refractivity contribution < 1.29 is 34.2 Å². The number of nitrogens with zero attached hydrogens (tertiary/aromatic N) is 1. The molecule has 0 radical (unpaired) electrons. The van der Waals surface area contributed by atoms with Crippen LogP contribution in [-0.2, 0) is 24.0 Å². The predicted molar refractivity (Wildman–Crippen MR) is 120 cm³/mol. The zero-order valence-electron chi connectivity index (χ0n) is 19.8. The van der Waals surface area contributed by atoms with Crippen molar-refractivity contribution in [3.8, 4) is 0 Å².